The third kappa shape index (κ3) is 2.59. The normalized spacial score (nSPS) is 10.8. The van der Waals surface area contributed by atoms with Crippen LogP contribution in [0.2, 0.25) is 0 Å². The SMILES string of the molecule is CC(C)c1cc(=O)n(Cc2ccccc2)c(=O)o1. The van der Waals surface area contributed by atoms with Gasteiger partial charge in [-0.3, -0.25) is 4.79 Å². The van der Waals surface area contributed by atoms with Gasteiger partial charge in [0, 0.05) is 12.0 Å². The van der Waals surface area contributed by atoms with Crippen LogP contribution in [0.1, 0.15) is 31.1 Å². The summed E-state index contributed by atoms with van der Waals surface area (Å²) in [7, 11) is 0. The summed E-state index contributed by atoms with van der Waals surface area (Å²) in [5.74, 6) is -0.152. The van der Waals surface area contributed by atoms with E-state index in [9.17, 15) is 9.59 Å². The number of nitrogens with zero attached hydrogens (tertiary/aromatic N) is 1. The van der Waals surface area contributed by atoms with Gasteiger partial charge in [-0.15, -0.1) is 0 Å². The molecule has 0 saturated carbocycles. The van der Waals surface area contributed by atoms with Gasteiger partial charge in [0.25, 0.3) is 5.56 Å². The number of benzene rings is 1. The molecule has 4 heteroatoms. The number of hydrogen-bond donors (Lipinski definition) is 0. The lowest BCUT2D eigenvalue weighted by Gasteiger charge is -2.06. The molecule has 0 bridgehead atoms. The molecule has 0 amide bonds. The van der Waals surface area contributed by atoms with Crippen molar-refractivity contribution in [2.75, 3.05) is 0 Å². The minimum Gasteiger partial charge on any atom is -0.414 e. The van der Waals surface area contributed by atoms with Crippen LogP contribution in [0.15, 0.2) is 50.4 Å². The van der Waals surface area contributed by atoms with E-state index < -0.39 is 5.76 Å². The Morgan fingerprint density at radius 3 is 2.39 bits per heavy atom. The van der Waals surface area contributed by atoms with Gasteiger partial charge in [0.15, 0.2) is 0 Å². The van der Waals surface area contributed by atoms with Crippen LogP contribution in [0.5, 0.6) is 0 Å². The topological polar surface area (TPSA) is 52.2 Å². The summed E-state index contributed by atoms with van der Waals surface area (Å²) in [5, 5.41) is 0. The first-order valence-electron chi connectivity index (χ1n) is 5.86. The van der Waals surface area contributed by atoms with Crippen molar-refractivity contribution < 1.29 is 4.42 Å². The van der Waals surface area contributed by atoms with E-state index in [1.807, 2.05) is 44.2 Å². The number of hydrogen-bond acceptors (Lipinski definition) is 3. The summed E-state index contributed by atoms with van der Waals surface area (Å²) in [5.41, 5.74) is 0.572. The smallest absolute Gasteiger partial charge is 0.414 e. The quantitative estimate of drug-likeness (QED) is 0.830. The van der Waals surface area contributed by atoms with Crippen molar-refractivity contribution in [3.8, 4) is 0 Å². The zero-order valence-electron chi connectivity index (χ0n) is 10.4. The molecule has 0 spiro atoms. The van der Waals surface area contributed by atoms with Gasteiger partial charge in [0.2, 0.25) is 0 Å². The second-order valence-corrected chi connectivity index (χ2v) is 4.48. The van der Waals surface area contributed by atoms with Crippen LogP contribution >= 0.6 is 0 Å². The van der Waals surface area contributed by atoms with Crippen molar-refractivity contribution in [2.24, 2.45) is 0 Å². The fourth-order valence-electron chi connectivity index (χ4n) is 1.67. The predicted octanol–water partition coefficient (Wildman–Crippen LogP) is 1.97. The van der Waals surface area contributed by atoms with Gasteiger partial charge >= 0.3 is 5.76 Å². The van der Waals surface area contributed by atoms with E-state index in [1.54, 1.807) is 0 Å². The van der Waals surface area contributed by atoms with Gasteiger partial charge in [0.1, 0.15) is 5.76 Å². The highest BCUT2D eigenvalue weighted by Gasteiger charge is 2.09. The summed E-state index contributed by atoms with van der Waals surface area (Å²) in [6.45, 7) is 3.98. The molecule has 2 aromatic rings. The molecule has 0 aliphatic heterocycles. The minimum atomic E-state index is -0.602. The van der Waals surface area contributed by atoms with E-state index in [4.69, 9.17) is 4.42 Å². The van der Waals surface area contributed by atoms with Gasteiger partial charge in [-0.1, -0.05) is 44.2 Å². The molecule has 18 heavy (non-hydrogen) atoms. The van der Waals surface area contributed by atoms with Crippen LogP contribution in [0.4, 0.5) is 0 Å². The zero-order chi connectivity index (χ0) is 13.1. The first kappa shape index (κ1) is 12.4. The Morgan fingerprint density at radius 2 is 1.83 bits per heavy atom. The van der Waals surface area contributed by atoms with Gasteiger partial charge in [-0.25, -0.2) is 9.36 Å². The minimum absolute atomic E-state index is 0.0248. The van der Waals surface area contributed by atoms with Crippen molar-refractivity contribution in [1.29, 1.82) is 0 Å². The molecule has 0 aliphatic carbocycles. The van der Waals surface area contributed by atoms with Crippen LogP contribution in [0.25, 0.3) is 0 Å². The monoisotopic (exact) mass is 245 g/mol. The maximum absolute atomic E-state index is 11.9. The van der Waals surface area contributed by atoms with Gasteiger partial charge in [0.05, 0.1) is 6.54 Å². The molecule has 94 valence electrons. The van der Waals surface area contributed by atoms with Gasteiger partial charge in [-0.2, -0.15) is 0 Å². The number of rotatable bonds is 3. The maximum atomic E-state index is 11.9. The standard InChI is InChI=1S/C14H15NO3/c1-10(2)12-8-13(16)15(14(17)18-12)9-11-6-4-3-5-7-11/h3-8,10H,9H2,1-2H3. The van der Waals surface area contributed by atoms with Crippen LogP contribution in [0, 0.1) is 0 Å². The van der Waals surface area contributed by atoms with Crippen LogP contribution in [0.3, 0.4) is 0 Å². The highest BCUT2D eigenvalue weighted by Crippen LogP contribution is 2.09. The van der Waals surface area contributed by atoms with Crippen molar-refractivity contribution in [2.45, 2.75) is 26.3 Å². The Bertz CT molecular complexity index is 607. The Hall–Kier alpha value is -2.10. The summed E-state index contributed by atoms with van der Waals surface area (Å²) >= 11 is 0. The fourth-order valence-corrected chi connectivity index (χ4v) is 1.67. The highest BCUT2D eigenvalue weighted by molar-refractivity contribution is 5.15. The Morgan fingerprint density at radius 1 is 1.17 bits per heavy atom. The Kier molecular flexibility index (Phi) is 3.46. The molecular weight excluding hydrogens is 230 g/mol. The molecule has 0 N–H and O–H groups in total. The molecule has 4 nitrogen and oxygen atoms in total. The van der Waals surface area contributed by atoms with E-state index in [-0.39, 0.29) is 18.0 Å². The van der Waals surface area contributed by atoms with E-state index in [2.05, 4.69) is 0 Å². The molecule has 0 saturated heterocycles. The molecular formula is C14H15NO3. The van der Waals surface area contributed by atoms with Gasteiger partial charge < -0.3 is 4.42 Å². The largest absolute Gasteiger partial charge is 0.422 e. The molecule has 0 radical (unpaired) electrons. The van der Waals surface area contributed by atoms with Crippen LogP contribution in [-0.4, -0.2) is 4.57 Å². The average Bonchev–Trinajstić information content (AvgIpc) is 2.34. The van der Waals surface area contributed by atoms with Gasteiger partial charge in [-0.05, 0) is 5.56 Å². The zero-order valence-corrected chi connectivity index (χ0v) is 10.4. The van der Waals surface area contributed by atoms with Crippen molar-refractivity contribution in [3.05, 3.63) is 68.6 Å². The molecule has 0 atom stereocenters. The summed E-state index contributed by atoms with van der Waals surface area (Å²) in [6.07, 6.45) is 0. The molecule has 1 aromatic heterocycles. The van der Waals surface area contributed by atoms with E-state index in [1.165, 1.54) is 6.07 Å². The van der Waals surface area contributed by atoms with E-state index >= 15 is 0 Å². The molecule has 0 unspecified atom stereocenters. The lowest BCUT2D eigenvalue weighted by Crippen LogP contribution is -2.33. The molecule has 0 aliphatic rings. The first-order chi connectivity index (χ1) is 8.58. The molecule has 0 fully saturated rings. The third-order valence-corrected chi connectivity index (χ3v) is 2.71. The van der Waals surface area contributed by atoms with Crippen molar-refractivity contribution in [1.82, 2.24) is 4.57 Å². The third-order valence-electron chi connectivity index (χ3n) is 2.71. The van der Waals surface area contributed by atoms with Crippen LogP contribution < -0.4 is 11.3 Å². The first-order valence-corrected chi connectivity index (χ1v) is 5.86. The number of aromatic nitrogens is 1. The summed E-state index contributed by atoms with van der Waals surface area (Å²) in [4.78, 5) is 23.6. The highest BCUT2D eigenvalue weighted by atomic mass is 16.4. The maximum Gasteiger partial charge on any atom is 0.422 e. The summed E-state index contributed by atoms with van der Waals surface area (Å²) in [6, 6.07) is 10.7. The fraction of sp³-hybridized carbons (Fsp3) is 0.286. The molecule has 2 rings (SSSR count). The summed E-state index contributed by atoms with van der Waals surface area (Å²) < 4.78 is 6.23. The molecule has 1 aromatic carbocycles. The van der Waals surface area contributed by atoms with E-state index in [0.29, 0.717) is 5.76 Å². The predicted molar refractivity (Wildman–Crippen MR) is 68.9 cm³/mol. The van der Waals surface area contributed by atoms with Crippen molar-refractivity contribution in [3.63, 3.8) is 0 Å². The Labute approximate surface area is 105 Å². The second-order valence-electron chi connectivity index (χ2n) is 4.48. The lowest BCUT2D eigenvalue weighted by molar-refractivity contribution is 0.382. The lowest BCUT2D eigenvalue weighted by atomic mass is 10.1. The molecule has 1 heterocycles. The van der Waals surface area contributed by atoms with E-state index in [0.717, 1.165) is 10.1 Å². The average molecular weight is 245 g/mol. The Balaban J connectivity index is 2.41. The van der Waals surface area contributed by atoms with Crippen LogP contribution in [-0.2, 0) is 6.54 Å². The second kappa shape index (κ2) is 5.04. The van der Waals surface area contributed by atoms with Crippen molar-refractivity contribution >= 4 is 0 Å².